The summed E-state index contributed by atoms with van der Waals surface area (Å²) in [6.45, 7) is 0.465. The van der Waals surface area contributed by atoms with E-state index >= 15 is 0 Å². The van der Waals surface area contributed by atoms with Crippen molar-refractivity contribution in [2.45, 2.75) is 19.4 Å². The summed E-state index contributed by atoms with van der Waals surface area (Å²) >= 11 is 1.33. The summed E-state index contributed by atoms with van der Waals surface area (Å²) in [6.07, 6.45) is 0.836. The lowest BCUT2D eigenvalue weighted by Gasteiger charge is -2.06. The van der Waals surface area contributed by atoms with Crippen LogP contribution < -0.4 is 20.7 Å². The number of carbonyl (C=O) groups is 2. The summed E-state index contributed by atoms with van der Waals surface area (Å²) < 4.78 is 5.11. The Morgan fingerprint density at radius 3 is 2.52 bits per heavy atom. The molecular formula is C21H22N4O3S. The van der Waals surface area contributed by atoms with Crippen molar-refractivity contribution in [2.75, 3.05) is 17.7 Å². The van der Waals surface area contributed by atoms with E-state index in [9.17, 15) is 9.59 Å². The molecule has 0 atom stereocenters. The number of hydrogen-bond acceptors (Lipinski definition) is 5. The molecule has 0 aliphatic rings. The van der Waals surface area contributed by atoms with Gasteiger partial charge >= 0.3 is 6.03 Å². The number of aryl methyl sites for hydroxylation is 1. The average molecular weight is 410 g/mol. The molecule has 0 spiro atoms. The number of urea groups is 1. The number of carbonyl (C=O) groups excluding carboxylic acids is 2. The molecule has 3 aromatic rings. The maximum absolute atomic E-state index is 12.1. The van der Waals surface area contributed by atoms with Crippen molar-refractivity contribution >= 4 is 34.1 Å². The molecule has 0 aliphatic heterocycles. The lowest BCUT2D eigenvalue weighted by Crippen LogP contribution is -2.23. The molecule has 0 radical (unpaired) electrons. The van der Waals surface area contributed by atoms with E-state index in [1.54, 1.807) is 19.2 Å². The van der Waals surface area contributed by atoms with Crippen molar-refractivity contribution in [3.63, 3.8) is 0 Å². The van der Waals surface area contributed by atoms with Crippen LogP contribution in [0.25, 0.3) is 0 Å². The van der Waals surface area contributed by atoms with Gasteiger partial charge in [-0.2, -0.15) is 0 Å². The van der Waals surface area contributed by atoms with Crippen LogP contribution in [0.2, 0.25) is 0 Å². The van der Waals surface area contributed by atoms with Gasteiger partial charge in [0.15, 0.2) is 5.13 Å². The third-order valence-electron chi connectivity index (χ3n) is 4.06. The highest BCUT2D eigenvalue weighted by Crippen LogP contribution is 2.17. The van der Waals surface area contributed by atoms with E-state index in [-0.39, 0.29) is 11.9 Å². The standard InChI is InChI=1S/C21H22N4O3S/c1-28-18-10-7-15(8-11-18)13-22-19(26)12-9-17-14-29-21(24-17)25-20(27)23-16-5-3-2-4-6-16/h2-8,10-11,14H,9,12-13H2,1H3,(H,22,26)(H2,23,24,25,27). The number of anilines is 2. The van der Waals surface area contributed by atoms with Crippen molar-refractivity contribution in [2.24, 2.45) is 0 Å². The minimum absolute atomic E-state index is 0.0508. The summed E-state index contributed by atoms with van der Waals surface area (Å²) in [5.74, 6) is 0.732. The number of nitrogens with zero attached hydrogens (tertiary/aromatic N) is 1. The minimum Gasteiger partial charge on any atom is -0.497 e. The highest BCUT2D eigenvalue weighted by Gasteiger charge is 2.09. The van der Waals surface area contributed by atoms with Gasteiger partial charge in [-0.1, -0.05) is 30.3 Å². The number of rotatable bonds is 8. The first-order valence-corrected chi connectivity index (χ1v) is 9.97. The predicted octanol–water partition coefficient (Wildman–Crippen LogP) is 4.04. The summed E-state index contributed by atoms with van der Waals surface area (Å²) in [4.78, 5) is 28.4. The zero-order chi connectivity index (χ0) is 20.5. The molecule has 3 rings (SSSR count). The van der Waals surface area contributed by atoms with E-state index in [2.05, 4.69) is 20.9 Å². The normalized spacial score (nSPS) is 10.2. The number of benzene rings is 2. The number of methoxy groups -OCH3 is 1. The van der Waals surface area contributed by atoms with Crippen LogP contribution in [0.15, 0.2) is 60.0 Å². The largest absolute Gasteiger partial charge is 0.497 e. The fourth-order valence-corrected chi connectivity index (χ4v) is 3.27. The fraction of sp³-hybridized carbons (Fsp3) is 0.190. The van der Waals surface area contributed by atoms with Gasteiger partial charge in [-0.05, 0) is 36.2 Å². The molecule has 3 amide bonds. The van der Waals surface area contributed by atoms with Gasteiger partial charge in [0.2, 0.25) is 5.91 Å². The van der Waals surface area contributed by atoms with Crippen molar-refractivity contribution < 1.29 is 14.3 Å². The van der Waals surface area contributed by atoms with Crippen LogP contribution in [0.4, 0.5) is 15.6 Å². The summed E-state index contributed by atoms with van der Waals surface area (Å²) in [7, 11) is 1.62. The maximum atomic E-state index is 12.1. The molecule has 7 nitrogen and oxygen atoms in total. The van der Waals surface area contributed by atoms with Crippen LogP contribution >= 0.6 is 11.3 Å². The number of ether oxygens (including phenoxy) is 1. The number of thiazole rings is 1. The monoisotopic (exact) mass is 410 g/mol. The number of aromatic nitrogens is 1. The number of amides is 3. The molecule has 0 saturated heterocycles. The summed E-state index contributed by atoms with van der Waals surface area (Å²) in [5, 5.41) is 10.7. The molecule has 0 saturated carbocycles. The average Bonchev–Trinajstić information content (AvgIpc) is 3.19. The predicted molar refractivity (Wildman–Crippen MR) is 114 cm³/mol. The second-order valence-corrected chi connectivity index (χ2v) is 7.07. The topological polar surface area (TPSA) is 92.4 Å². The lowest BCUT2D eigenvalue weighted by molar-refractivity contribution is -0.121. The highest BCUT2D eigenvalue weighted by atomic mass is 32.1. The molecule has 0 unspecified atom stereocenters. The first kappa shape index (κ1) is 20.3. The third kappa shape index (κ3) is 6.62. The zero-order valence-corrected chi connectivity index (χ0v) is 16.8. The number of para-hydroxylation sites is 1. The van der Waals surface area contributed by atoms with E-state index in [0.717, 1.165) is 17.0 Å². The van der Waals surface area contributed by atoms with Crippen LogP contribution in [0.5, 0.6) is 5.75 Å². The number of nitrogens with one attached hydrogen (secondary N) is 3. The Hall–Kier alpha value is -3.39. The molecule has 3 N–H and O–H groups in total. The molecule has 2 aromatic carbocycles. The minimum atomic E-state index is -0.352. The maximum Gasteiger partial charge on any atom is 0.325 e. The molecule has 1 aromatic heterocycles. The Balaban J connectivity index is 1.40. The van der Waals surface area contributed by atoms with Crippen LogP contribution in [0.1, 0.15) is 17.7 Å². The summed E-state index contributed by atoms with van der Waals surface area (Å²) in [6, 6.07) is 16.4. The van der Waals surface area contributed by atoms with Gasteiger partial charge in [0.1, 0.15) is 5.75 Å². The lowest BCUT2D eigenvalue weighted by atomic mass is 10.2. The second kappa shape index (κ2) is 10.2. The number of hydrogen-bond donors (Lipinski definition) is 3. The smallest absolute Gasteiger partial charge is 0.325 e. The van der Waals surface area contributed by atoms with Gasteiger partial charge in [0.05, 0.1) is 12.8 Å². The van der Waals surface area contributed by atoms with Crippen molar-refractivity contribution in [3.8, 4) is 5.75 Å². The first-order chi connectivity index (χ1) is 14.1. The first-order valence-electron chi connectivity index (χ1n) is 9.09. The molecule has 0 fully saturated rings. The Morgan fingerprint density at radius 1 is 1.03 bits per heavy atom. The Morgan fingerprint density at radius 2 is 1.79 bits per heavy atom. The quantitative estimate of drug-likeness (QED) is 0.522. The van der Waals surface area contributed by atoms with Crippen LogP contribution in [-0.4, -0.2) is 24.0 Å². The molecule has 1 heterocycles. The Kier molecular flexibility index (Phi) is 7.18. The molecule has 8 heteroatoms. The second-order valence-electron chi connectivity index (χ2n) is 6.21. The van der Waals surface area contributed by atoms with Gasteiger partial charge in [-0.25, -0.2) is 9.78 Å². The van der Waals surface area contributed by atoms with Crippen molar-refractivity contribution in [3.05, 3.63) is 71.2 Å². The Bertz CT molecular complexity index is 942. The van der Waals surface area contributed by atoms with Crippen molar-refractivity contribution in [1.29, 1.82) is 0 Å². The molecular weight excluding hydrogens is 388 g/mol. The van der Waals surface area contributed by atoms with E-state index in [1.807, 2.05) is 47.8 Å². The van der Waals surface area contributed by atoms with E-state index in [1.165, 1.54) is 11.3 Å². The van der Waals surface area contributed by atoms with Crippen LogP contribution in [0.3, 0.4) is 0 Å². The zero-order valence-electron chi connectivity index (χ0n) is 16.0. The molecule has 0 bridgehead atoms. The van der Waals surface area contributed by atoms with Gasteiger partial charge in [-0.3, -0.25) is 10.1 Å². The summed E-state index contributed by atoms with van der Waals surface area (Å²) in [5.41, 5.74) is 2.48. The van der Waals surface area contributed by atoms with Gasteiger partial charge < -0.3 is 15.4 Å². The van der Waals surface area contributed by atoms with Gasteiger partial charge in [0.25, 0.3) is 0 Å². The van der Waals surface area contributed by atoms with Crippen LogP contribution in [0, 0.1) is 0 Å². The SMILES string of the molecule is COc1ccc(CNC(=O)CCc2csc(NC(=O)Nc3ccccc3)n2)cc1. The van der Waals surface area contributed by atoms with Gasteiger partial charge in [0, 0.05) is 24.0 Å². The van der Waals surface area contributed by atoms with E-state index < -0.39 is 0 Å². The van der Waals surface area contributed by atoms with Crippen molar-refractivity contribution in [1.82, 2.24) is 10.3 Å². The van der Waals surface area contributed by atoms with E-state index in [0.29, 0.717) is 30.2 Å². The molecule has 0 aliphatic carbocycles. The third-order valence-corrected chi connectivity index (χ3v) is 4.87. The molecule has 150 valence electrons. The van der Waals surface area contributed by atoms with Gasteiger partial charge in [-0.15, -0.1) is 11.3 Å². The Labute approximate surface area is 173 Å². The van der Waals surface area contributed by atoms with Crippen LogP contribution in [-0.2, 0) is 17.8 Å². The highest BCUT2D eigenvalue weighted by molar-refractivity contribution is 7.13. The molecule has 29 heavy (non-hydrogen) atoms. The van der Waals surface area contributed by atoms with E-state index in [4.69, 9.17) is 4.74 Å². The fourth-order valence-electron chi connectivity index (χ4n) is 2.53.